The first-order valence-electron chi connectivity index (χ1n) is 6.34. The Balaban J connectivity index is 2.45. The van der Waals surface area contributed by atoms with Gasteiger partial charge < -0.3 is 4.74 Å². The minimum absolute atomic E-state index is 0.0121. The molecule has 0 saturated heterocycles. The molecule has 2 heteroatoms. The minimum Gasteiger partial charge on any atom is -0.456 e. The molecule has 0 aromatic heterocycles. The van der Waals surface area contributed by atoms with Gasteiger partial charge in [0.2, 0.25) is 0 Å². The van der Waals surface area contributed by atoms with Gasteiger partial charge in [-0.15, -0.1) is 0 Å². The van der Waals surface area contributed by atoms with Crippen molar-refractivity contribution in [2.24, 2.45) is 0 Å². The highest BCUT2D eigenvalue weighted by Crippen LogP contribution is 2.31. The van der Waals surface area contributed by atoms with E-state index in [2.05, 4.69) is 19.1 Å². The van der Waals surface area contributed by atoms with E-state index < -0.39 is 0 Å². The third kappa shape index (κ3) is 2.84. The van der Waals surface area contributed by atoms with Crippen molar-refractivity contribution in [2.45, 2.75) is 27.7 Å². The molecule has 0 atom stereocenters. The number of hydrogen-bond acceptors (Lipinski definition) is 2. The Morgan fingerprint density at radius 3 is 2.16 bits per heavy atom. The molecule has 19 heavy (non-hydrogen) atoms. The van der Waals surface area contributed by atoms with Crippen LogP contribution in [0.1, 0.15) is 34.0 Å². The summed E-state index contributed by atoms with van der Waals surface area (Å²) in [6.07, 6.45) is 0. The van der Waals surface area contributed by atoms with Crippen molar-refractivity contribution in [1.82, 2.24) is 0 Å². The first-order chi connectivity index (χ1) is 8.99. The van der Waals surface area contributed by atoms with Crippen LogP contribution in [0.15, 0.2) is 36.4 Å². The van der Waals surface area contributed by atoms with Gasteiger partial charge in [-0.1, -0.05) is 29.8 Å². The molecule has 0 aliphatic heterocycles. The molecule has 2 rings (SSSR count). The summed E-state index contributed by atoms with van der Waals surface area (Å²) in [6.45, 7) is 7.65. The lowest BCUT2D eigenvalue weighted by molar-refractivity contribution is 0.101. The van der Waals surface area contributed by atoms with Crippen molar-refractivity contribution >= 4 is 5.78 Å². The summed E-state index contributed by atoms with van der Waals surface area (Å²) in [5, 5.41) is 0. The number of hydrogen-bond donors (Lipinski definition) is 0. The second kappa shape index (κ2) is 5.27. The number of ether oxygens (including phenoxy) is 1. The van der Waals surface area contributed by atoms with Crippen LogP contribution < -0.4 is 4.74 Å². The summed E-state index contributed by atoms with van der Waals surface area (Å²) in [5.41, 5.74) is 3.98. The van der Waals surface area contributed by atoms with E-state index in [1.165, 1.54) is 5.56 Å². The zero-order valence-corrected chi connectivity index (χ0v) is 11.8. The van der Waals surface area contributed by atoms with E-state index in [1.807, 2.05) is 32.0 Å². The third-order valence-electron chi connectivity index (χ3n) is 3.08. The fraction of sp³-hybridized carbons (Fsp3) is 0.235. The summed E-state index contributed by atoms with van der Waals surface area (Å²) in [5.74, 6) is 1.46. The predicted molar refractivity (Wildman–Crippen MR) is 77.2 cm³/mol. The highest BCUT2D eigenvalue weighted by Gasteiger charge is 2.11. The summed E-state index contributed by atoms with van der Waals surface area (Å²) < 4.78 is 5.97. The normalized spacial score (nSPS) is 10.3. The van der Waals surface area contributed by atoms with E-state index >= 15 is 0 Å². The SMILES string of the molecule is CC(=O)c1ccccc1Oc1c(C)cc(C)cc1C. The van der Waals surface area contributed by atoms with Crippen LogP contribution >= 0.6 is 0 Å². The van der Waals surface area contributed by atoms with Crippen LogP contribution in [0.5, 0.6) is 11.5 Å². The van der Waals surface area contributed by atoms with Crippen molar-refractivity contribution in [3.63, 3.8) is 0 Å². The molecule has 0 heterocycles. The largest absolute Gasteiger partial charge is 0.456 e. The van der Waals surface area contributed by atoms with Crippen LogP contribution in [0.25, 0.3) is 0 Å². The molecule has 0 bridgehead atoms. The lowest BCUT2D eigenvalue weighted by Crippen LogP contribution is -1.99. The Bertz CT molecular complexity index is 604. The fourth-order valence-corrected chi connectivity index (χ4v) is 2.28. The lowest BCUT2D eigenvalue weighted by atomic mass is 10.1. The predicted octanol–water partition coefficient (Wildman–Crippen LogP) is 4.61. The Labute approximate surface area is 114 Å². The van der Waals surface area contributed by atoms with Gasteiger partial charge in [0.05, 0.1) is 5.56 Å². The number of Topliss-reactive ketones (excluding diaryl/α,β-unsaturated/α-hetero) is 1. The second-order valence-corrected chi connectivity index (χ2v) is 4.88. The quantitative estimate of drug-likeness (QED) is 0.748. The fourth-order valence-electron chi connectivity index (χ4n) is 2.28. The van der Waals surface area contributed by atoms with E-state index in [-0.39, 0.29) is 5.78 Å². The molecule has 2 aromatic rings. The first-order valence-corrected chi connectivity index (χ1v) is 6.34. The van der Waals surface area contributed by atoms with Crippen LogP contribution in [0.4, 0.5) is 0 Å². The second-order valence-electron chi connectivity index (χ2n) is 4.88. The molecule has 2 aromatic carbocycles. The number of carbonyl (C=O) groups is 1. The number of para-hydroxylation sites is 1. The summed E-state index contributed by atoms with van der Waals surface area (Å²) >= 11 is 0. The Hall–Kier alpha value is -2.09. The van der Waals surface area contributed by atoms with Gasteiger partial charge in [0.25, 0.3) is 0 Å². The molecule has 0 aliphatic carbocycles. The Morgan fingerprint density at radius 1 is 1.00 bits per heavy atom. The summed E-state index contributed by atoms with van der Waals surface area (Å²) in [6, 6.07) is 11.5. The molecule has 0 unspecified atom stereocenters. The van der Waals surface area contributed by atoms with E-state index in [0.717, 1.165) is 16.9 Å². The number of aryl methyl sites for hydroxylation is 3. The molecular weight excluding hydrogens is 236 g/mol. The van der Waals surface area contributed by atoms with E-state index in [9.17, 15) is 4.79 Å². The average molecular weight is 254 g/mol. The van der Waals surface area contributed by atoms with Crippen LogP contribution in [0.2, 0.25) is 0 Å². The third-order valence-corrected chi connectivity index (χ3v) is 3.08. The summed E-state index contributed by atoms with van der Waals surface area (Å²) in [4.78, 5) is 11.6. The minimum atomic E-state index is 0.0121. The molecule has 0 saturated carbocycles. The molecule has 0 fully saturated rings. The number of benzene rings is 2. The molecule has 2 nitrogen and oxygen atoms in total. The van der Waals surface area contributed by atoms with Crippen molar-refractivity contribution in [3.05, 3.63) is 58.7 Å². The molecule has 0 N–H and O–H groups in total. The average Bonchev–Trinajstić information content (AvgIpc) is 2.34. The van der Waals surface area contributed by atoms with Crippen LogP contribution in [0, 0.1) is 20.8 Å². The summed E-state index contributed by atoms with van der Waals surface area (Å²) in [7, 11) is 0. The lowest BCUT2D eigenvalue weighted by Gasteiger charge is -2.14. The van der Waals surface area contributed by atoms with Crippen molar-refractivity contribution in [2.75, 3.05) is 0 Å². The number of ketones is 1. The van der Waals surface area contributed by atoms with Crippen LogP contribution in [0.3, 0.4) is 0 Å². The smallest absolute Gasteiger partial charge is 0.163 e. The maximum Gasteiger partial charge on any atom is 0.163 e. The van der Waals surface area contributed by atoms with Gasteiger partial charge in [0, 0.05) is 0 Å². The maximum atomic E-state index is 11.6. The first kappa shape index (κ1) is 13.3. The highest BCUT2D eigenvalue weighted by molar-refractivity contribution is 5.96. The van der Waals surface area contributed by atoms with E-state index in [0.29, 0.717) is 11.3 Å². The van der Waals surface area contributed by atoms with Gasteiger partial charge in [-0.25, -0.2) is 0 Å². The van der Waals surface area contributed by atoms with Gasteiger partial charge in [0.15, 0.2) is 5.78 Å². The molecule has 0 amide bonds. The van der Waals surface area contributed by atoms with E-state index in [1.54, 1.807) is 13.0 Å². The Kier molecular flexibility index (Phi) is 3.70. The Morgan fingerprint density at radius 2 is 1.58 bits per heavy atom. The van der Waals surface area contributed by atoms with Crippen molar-refractivity contribution in [3.8, 4) is 11.5 Å². The van der Waals surface area contributed by atoms with Gasteiger partial charge in [-0.3, -0.25) is 4.79 Å². The molecule has 0 spiro atoms. The molecule has 98 valence electrons. The van der Waals surface area contributed by atoms with Crippen molar-refractivity contribution < 1.29 is 9.53 Å². The van der Waals surface area contributed by atoms with Gasteiger partial charge >= 0.3 is 0 Å². The maximum absolute atomic E-state index is 11.6. The standard InChI is InChI=1S/C17H18O2/c1-11-9-12(2)17(13(3)10-11)19-16-8-6-5-7-15(16)14(4)18/h5-10H,1-4H3. The van der Waals surface area contributed by atoms with Gasteiger partial charge in [-0.2, -0.15) is 0 Å². The monoisotopic (exact) mass is 254 g/mol. The topological polar surface area (TPSA) is 26.3 Å². The number of carbonyl (C=O) groups excluding carboxylic acids is 1. The highest BCUT2D eigenvalue weighted by atomic mass is 16.5. The van der Waals surface area contributed by atoms with Crippen LogP contribution in [-0.4, -0.2) is 5.78 Å². The van der Waals surface area contributed by atoms with Gasteiger partial charge in [0.1, 0.15) is 11.5 Å². The van der Waals surface area contributed by atoms with Gasteiger partial charge in [-0.05, 0) is 51.0 Å². The van der Waals surface area contributed by atoms with Crippen LogP contribution in [-0.2, 0) is 0 Å². The zero-order chi connectivity index (χ0) is 14.0. The van der Waals surface area contributed by atoms with Crippen molar-refractivity contribution in [1.29, 1.82) is 0 Å². The van der Waals surface area contributed by atoms with E-state index in [4.69, 9.17) is 4.74 Å². The molecular formula is C17H18O2. The number of rotatable bonds is 3. The molecule has 0 aliphatic rings. The molecule has 0 radical (unpaired) electrons. The zero-order valence-electron chi connectivity index (χ0n) is 11.8.